The molecule has 0 radical (unpaired) electrons. The summed E-state index contributed by atoms with van der Waals surface area (Å²) >= 11 is 13.6. The molecule has 2 N–H and O–H groups in total. The number of anilines is 1. The third-order valence-corrected chi connectivity index (χ3v) is 6.07. The third kappa shape index (κ3) is 5.42. The number of benzene rings is 1. The van der Waals surface area contributed by atoms with Crippen molar-refractivity contribution in [3.8, 4) is 0 Å². The zero-order chi connectivity index (χ0) is 17.8. The second-order valence-corrected chi connectivity index (χ2v) is 8.66. The van der Waals surface area contributed by atoms with Gasteiger partial charge < -0.3 is 4.90 Å². The van der Waals surface area contributed by atoms with Gasteiger partial charge in [-0.25, -0.2) is 4.98 Å². The highest BCUT2D eigenvalue weighted by Crippen LogP contribution is 2.26. The molecular formula is C18H22Cl2N3OS+. The van der Waals surface area contributed by atoms with E-state index in [1.165, 1.54) is 29.1 Å². The Kier molecular flexibility index (Phi) is 6.34. The lowest BCUT2D eigenvalue weighted by Crippen LogP contribution is -3.14. The van der Waals surface area contributed by atoms with Crippen molar-refractivity contribution in [1.82, 2.24) is 4.98 Å². The van der Waals surface area contributed by atoms with Gasteiger partial charge in [0.2, 0.25) is 0 Å². The molecule has 2 heterocycles. The lowest BCUT2D eigenvalue weighted by atomic mass is 9.99. The molecular weight excluding hydrogens is 377 g/mol. The van der Waals surface area contributed by atoms with Crippen molar-refractivity contribution in [3.05, 3.63) is 44.9 Å². The Morgan fingerprint density at radius 3 is 2.84 bits per heavy atom. The Morgan fingerprint density at radius 1 is 1.36 bits per heavy atom. The van der Waals surface area contributed by atoms with Crippen molar-refractivity contribution in [2.45, 2.75) is 26.2 Å². The Balaban J connectivity index is 1.53. The molecule has 3 rings (SSSR count). The number of piperidine rings is 1. The van der Waals surface area contributed by atoms with Crippen molar-refractivity contribution in [2.75, 3.05) is 25.0 Å². The molecule has 1 amide bonds. The Morgan fingerprint density at radius 2 is 2.12 bits per heavy atom. The number of hydrogen-bond donors (Lipinski definition) is 2. The monoisotopic (exact) mass is 398 g/mol. The van der Waals surface area contributed by atoms with Crippen LogP contribution in [0.4, 0.5) is 5.13 Å². The number of likely N-dealkylation sites (tertiary alicyclic amines) is 1. The minimum atomic E-state index is 0.0370. The van der Waals surface area contributed by atoms with E-state index < -0.39 is 0 Å². The van der Waals surface area contributed by atoms with Crippen molar-refractivity contribution in [1.29, 1.82) is 0 Å². The average Bonchev–Trinajstić information content (AvgIpc) is 2.99. The van der Waals surface area contributed by atoms with Crippen LogP contribution in [-0.4, -0.2) is 30.5 Å². The van der Waals surface area contributed by atoms with Gasteiger partial charge in [-0.15, -0.1) is 11.3 Å². The second kappa shape index (κ2) is 8.49. The standard InChI is InChI=1S/C18H21Cl2N3OS/c1-12-4-6-23(7-5-12)11-17(24)22-18-21-10-15(25-18)8-13-2-3-14(19)9-16(13)20/h2-3,9-10,12H,4-8,11H2,1H3,(H,21,22,24)/p+1. The third-order valence-electron chi connectivity index (χ3n) is 4.57. The van der Waals surface area contributed by atoms with Gasteiger partial charge in [-0.2, -0.15) is 0 Å². The van der Waals surface area contributed by atoms with Crippen molar-refractivity contribution in [3.63, 3.8) is 0 Å². The second-order valence-electron chi connectivity index (χ2n) is 6.70. The maximum Gasteiger partial charge on any atom is 0.281 e. The van der Waals surface area contributed by atoms with Gasteiger partial charge in [-0.3, -0.25) is 10.1 Å². The molecule has 0 saturated carbocycles. The van der Waals surface area contributed by atoms with E-state index in [1.807, 2.05) is 12.1 Å². The van der Waals surface area contributed by atoms with E-state index in [9.17, 15) is 4.79 Å². The summed E-state index contributed by atoms with van der Waals surface area (Å²) in [5.74, 6) is 0.822. The molecule has 7 heteroatoms. The topological polar surface area (TPSA) is 46.4 Å². The molecule has 1 fully saturated rings. The minimum Gasteiger partial charge on any atom is -0.327 e. The Bertz CT molecular complexity index is 742. The van der Waals surface area contributed by atoms with E-state index in [2.05, 4.69) is 17.2 Å². The first kappa shape index (κ1) is 18.6. The smallest absolute Gasteiger partial charge is 0.281 e. The molecule has 134 valence electrons. The number of rotatable bonds is 5. The summed E-state index contributed by atoms with van der Waals surface area (Å²) in [6.07, 6.45) is 4.87. The van der Waals surface area contributed by atoms with Crippen molar-refractivity contribution >= 4 is 45.6 Å². The molecule has 0 unspecified atom stereocenters. The predicted molar refractivity (Wildman–Crippen MR) is 104 cm³/mol. The lowest BCUT2D eigenvalue weighted by molar-refractivity contribution is -0.897. The molecule has 2 aromatic rings. The van der Waals surface area contributed by atoms with Crippen LogP contribution >= 0.6 is 34.5 Å². The summed E-state index contributed by atoms with van der Waals surface area (Å²) in [7, 11) is 0. The number of aromatic nitrogens is 1. The first-order chi connectivity index (χ1) is 12.0. The number of hydrogen-bond acceptors (Lipinski definition) is 3. The summed E-state index contributed by atoms with van der Waals surface area (Å²) < 4.78 is 0. The quantitative estimate of drug-likeness (QED) is 0.811. The highest BCUT2D eigenvalue weighted by atomic mass is 35.5. The summed E-state index contributed by atoms with van der Waals surface area (Å²) in [5, 5.41) is 4.85. The zero-order valence-electron chi connectivity index (χ0n) is 14.1. The van der Waals surface area contributed by atoms with Gasteiger partial charge in [0.05, 0.1) is 13.1 Å². The highest BCUT2D eigenvalue weighted by molar-refractivity contribution is 7.15. The fourth-order valence-electron chi connectivity index (χ4n) is 3.04. The van der Waals surface area contributed by atoms with Crippen LogP contribution in [0.2, 0.25) is 10.0 Å². The van der Waals surface area contributed by atoms with Gasteiger partial charge in [-0.05, 0) is 36.5 Å². The molecule has 25 heavy (non-hydrogen) atoms. The van der Waals surface area contributed by atoms with Gasteiger partial charge >= 0.3 is 0 Å². The Hall–Kier alpha value is -1.14. The van der Waals surface area contributed by atoms with E-state index in [0.29, 0.717) is 28.1 Å². The van der Waals surface area contributed by atoms with E-state index in [4.69, 9.17) is 23.2 Å². The number of halogens is 2. The first-order valence-corrected chi connectivity index (χ1v) is 10.1. The molecule has 0 atom stereocenters. The molecule has 0 aliphatic carbocycles. The molecule has 1 aliphatic rings. The fraction of sp³-hybridized carbons (Fsp3) is 0.444. The van der Waals surface area contributed by atoms with Crippen LogP contribution in [0.15, 0.2) is 24.4 Å². The van der Waals surface area contributed by atoms with Gasteiger partial charge in [0.15, 0.2) is 11.7 Å². The maximum absolute atomic E-state index is 12.2. The zero-order valence-corrected chi connectivity index (χ0v) is 16.5. The number of thiazole rings is 1. The summed E-state index contributed by atoms with van der Waals surface area (Å²) in [6.45, 7) is 4.95. The average molecular weight is 399 g/mol. The largest absolute Gasteiger partial charge is 0.327 e. The molecule has 0 spiro atoms. The normalized spacial score (nSPS) is 20.4. The van der Waals surface area contributed by atoms with Gasteiger partial charge in [0, 0.05) is 27.5 Å². The van der Waals surface area contributed by atoms with Crippen LogP contribution in [0.5, 0.6) is 0 Å². The number of amides is 1. The molecule has 4 nitrogen and oxygen atoms in total. The molecule has 1 aliphatic heterocycles. The summed E-state index contributed by atoms with van der Waals surface area (Å²) in [6, 6.07) is 5.49. The fourth-order valence-corrected chi connectivity index (χ4v) is 4.36. The molecule has 1 aromatic heterocycles. The SMILES string of the molecule is CC1CC[NH+](CC(=O)Nc2ncc(Cc3ccc(Cl)cc3Cl)s2)CC1. The van der Waals surface area contributed by atoms with Crippen LogP contribution in [0.3, 0.4) is 0 Å². The lowest BCUT2D eigenvalue weighted by Gasteiger charge is -2.26. The van der Waals surface area contributed by atoms with Gasteiger partial charge in [-0.1, -0.05) is 36.2 Å². The number of nitrogens with one attached hydrogen (secondary N) is 2. The summed E-state index contributed by atoms with van der Waals surface area (Å²) in [4.78, 5) is 18.9. The Labute approximate surface area is 162 Å². The van der Waals surface area contributed by atoms with Crippen molar-refractivity contribution < 1.29 is 9.69 Å². The molecule has 1 aromatic carbocycles. The highest BCUT2D eigenvalue weighted by Gasteiger charge is 2.21. The van der Waals surface area contributed by atoms with E-state index in [-0.39, 0.29) is 5.91 Å². The van der Waals surface area contributed by atoms with Crippen LogP contribution in [0.25, 0.3) is 0 Å². The van der Waals surface area contributed by atoms with Crippen LogP contribution in [0.1, 0.15) is 30.2 Å². The minimum absolute atomic E-state index is 0.0370. The van der Waals surface area contributed by atoms with Gasteiger partial charge in [0.25, 0.3) is 5.91 Å². The van der Waals surface area contributed by atoms with Crippen LogP contribution < -0.4 is 10.2 Å². The summed E-state index contributed by atoms with van der Waals surface area (Å²) in [5.41, 5.74) is 1.000. The van der Waals surface area contributed by atoms with E-state index in [1.54, 1.807) is 12.3 Å². The number of quaternary nitrogens is 1. The molecule has 1 saturated heterocycles. The number of carbonyl (C=O) groups is 1. The van der Waals surface area contributed by atoms with Crippen LogP contribution in [0, 0.1) is 5.92 Å². The van der Waals surface area contributed by atoms with E-state index >= 15 is 0 Å². The van der Waals surface area contributed by atoms with Crippen molar-refractivity contribution in [2.24, 2.45) is 5.92 Å². The first-order valence-electron chi connectivity index (χ1n) is 8.51. The van der Waals surface area contributed by atoms with E-state index in [0.717, 1.165) is 29.4 Å². The number of carbonyl (C=O) groups excluding carboxylic acids is 1. The maximum atomic E-state index is 12.2. The molecule has 0 bridgehead atoms. The van der Waals surface area contributed by atoms with Gasteiger partial charge in [0.1, 0.15) is 0 Å². The van der Waals surface area contributed by atoms with Crippen LogP contribution in [-0.2, 0) is 11.2 Å². The number of nitrogens with zero attached hydrogens (tertiary/aromatic N) is 1. The predicted octanol–water partition coefficient (Wildman–Crippen LogP) is 3.29.